The number of rotatable bonds is 3. The van der Waals surface area contributed by atoms with Crippen LogP contribution in [0.4, 0.5) is 0 Å². The van der Waals surface area contributed by atoms with Crippen LogP contribution in [-0.4, -0.2) is 12.0 Å². The van der Waals surface area contributed by atoms with E-state index in [1.807, 2.05) is 48.0 Å². The van der Waals surface area contributed by atoms with E-state index in [0.717, 1.165) is 39.3 Å². The Kier molecular flexibility index (Phi) is 4.47. The normalized spacial score (nSPS) is 17.5. The zero-order valence-corrected chi connectivity index (χ0v) is 13.8. The first-order valence-corrected chi connectivity index (χ1v) is 9.19. The molecule has 110 valence electrons. The first-order valence-electron chi connectivity index (χ1n) is 7.09. The summed E-state index contributed by atoms with van der Waals surface area (Å²) in [5, 5.41) is 11.6. The Hall–Kier alpha value is -1.83. The molecule has 0 bridgehead atoms. The highest BCUT2D eigenvalue weighted by molar-refractivity contribution is 8.02. The fraction of sp³-hybridized carbons (Fsp3) is 0.222. The maximum atomic E-state index is 12.8. The molecular weight excluding hydrogens is 310 g/mol. The SMILES string of the molecule is CS/C(=C1\CCc2ccccc2C1=O)C(C#N)c1cccs1. The molecule has 1 aliphatic carbocycles. The predicted octanol–water partition coefficient (Wildman–Crippen LogP) is 4.80. The lowest BCUT2D eigenvalue weighted by Gasteiger charge is -2.22. The molecule has 1 aliphatic rings. The number of hydrogen-bond donors (Lipinski definition) is 0. The summed E-state index contributed by atoms with van der Waals surface area (Å²) in [6, 6.07) is 14.1. The molecule has 0 amide bonds. The Morgan fingerprint density at radius 2 is 2.09 bits per heavy atom. The number of ketones is 1. The summed E-state index contributed by atoms with van der Waals surface area (Å²) in [6.07, 6.45) is 3.54. The number of fused-ring (bicyclic) bond motifs is 1. The zero-order chi connectivity index (χ0) is 15.5. The molecule has 0 saturated carbocycles. The highest BCUT2D eigenvalue weighted by Gasteiger charge is 2.28. The van der Waals surface area contributed by atoms with Gasteiger partial charge in [0.1, 0.15) is 5.92 Å². The molecule has 2 aromatic rings. The monoisotopic (exact) mass is 325 g/mol. The summed E-state index contributed by atoms with van der Waals surface area (Å²) < 4.78 is 0. The number of benzene rings is 1. The van der Waals surface area contributed by atoms with Crippen LogP contribution < -0.4 is 0 Å². The molecule has 0 N–H and O–H groups in total. The van der Waals surface area contributed by atoms with Crippen molar-refractivity contribution in [3.63, 3.8) is 0 Å². The summed E-state index contributed by atoms with van der Waals surface area (Å²) in [5.74, 6) is -0.248. The van der Waals surface area contributed by atoms with Gasteiger partial charge in [0.25, 0.3) is 0 Å². The standard InChI is InChI=1S/C18H15NOS2/c1-21-18(15(11-19)16-7-4-10-22-16)14-9-8-12-5-2-3-6-13(12)17(14)20/h2-7,10,15H,8-9H2,1H3/b18-14+. The lowest BCUT2D eigenvalue weighted by Crippen LogP contribution is -2.17. The molecule has 0 radical (unpaired) electrons. The van der Waals surface area contributed by atoms with Gasteiger partial charge in [-0.3, -0.25) is 4.79 Å². The molecule has 1 unspecified atom stereocenters. The first-order chi connectivity index (χ1) is 10.8. The molecule has 0 saturated heterocycles. The van der Waals surface area contributed by atoms with Crippen molar-refractivity contribution in [3.05, 3.63) is 68.3 Å². The minimum atomic E-state index is -0.334. The number of carbonyl (C=O) groups is 1. The lowest BCUT2D eigenvalue weighted by atomic mass is 9.85. The molecule has 0 fully saturated rings. The minimum Gasteiger partial charge on any atom is -0.289 e. The van der Waals surface area contributed by atoms with Crippen LogP contribution in [0.1, 0.15) is 33.1 Å². The van der Waals surface area contributed by atoms with Crippen molar-refractivity contribution >= 4 is 28.9 Å². The molecule has 1 aromatic heterocycles. The fourth-order valence-corrected chi connectivity index (χ4v) is 4.56. The van der Waals surface area contributed by atoms with Gasteiger partial charge in [-0.1, -0.05) is 30.3 Å². The molecule has 1 heterocycles. The van der Waals surface area contributed by atoms with Gasteiger partial charge in [-0.2, -0.15) is 5.26 Å². The van der Waals surface area contributed by atoms with Gasteiger partial charge in [0, 0.05) is 20.9 Å². The van der Waals surface area contributed by atoms with Crippen LogP contribution in [0.5, 0.6) is 0 Å². The number of thioether (sulfide) groups is 1. The van der Waals surface area contributed by atoms with Gasteiger partial charge in [-0.05, 0) is 36.1 Å². The summed E-state index contributed by atoms with van der Waals surface area (Å²) in [4.78, 5) is 14.7. The van der Waals surface area contributed by atoms with E-state index < -0.39 is 0 Å². The van der Waals surface area contributed by atoms with Crippen molar-refractivity contribution in [1.29, 1.82) is 5.26 Å². The third-order valence-electron chi connectivity index (χ3n) is 3.92. The summed E-state index contributed by atoms with van der Waals surface area (Å²) in [5.41, 5.74) is 2.71. The van der Waals surface area contributed by atoms with Crippen molar-refractivity contribution < 1.29 is 4.79 Å². The van der Waals surface area contributed by atoms with Crippen molar-refractivity contribution in [2.75, 3.05) is 6.26 Å². The van der Waals surface area contributed by atoms with Crippen LogP contribution in [0.25, 0.3) is 0 Å². The summed E-state index contributed by atoms with van der Waals surface area (Å²) in [7, 11) is 0. The Labute approximate surface area is 138 Å². The second-order valence-corrected chi connectivity index (χ2v) is 6.94. The van der Waals surface area contributed by atoms with Gasteiger partial charge in [0.05, 0.1) is 6.07 Å². The second kappa shape index (κ2) is 6.51. The van der Waals surface area contributed by atoms with Crippen molar-refractivity contribution in [1.82, 2.24) is 0 Å². The average molecular weight is 325 g/mol. The van der Waals surface area contributed by atoms with Crippen LogP contribution in [0.15, 0.2) is 52.3 Å². The van der Waals surface area contributed by atoms with Gasteiger partial charge in [-0.15, -0.1) is 23.1 Å². The van der Waals surface area contributed by atoms with Crippen molar-refractivity contribution in [2.45, 2.75) is 18.8 Å². The molecule has 4 heteroatoms. The van der Waals surface area contributed by atoms with E-state index in [2.05, 4.69) is 6.07 Å². The van der Waals surface area contributed by atoms with E-state index in [-0.39, 0.29) is 11.7 Å². The quantitative estimate of drug-likeness (QED) is 0.761. The van der Waals surface area contributed by atoms with Crippen LogP contribution >= 0.6 is 23.1 Å². The third-order valence-corrected chi connectivity index (χ3v) is 5.78. The van der Waals surface area contributed by atoms with E-state index in [1.165, 1.54) is 11.8 Å². The first kappa shape index (κ1) is 15.1. The molecule has 22 heavy (non-hydrogen) atoms. The number of thiophene rings is 1. The van der Waals surface area contributed by atoms with E-state index in [9.17, 15) is 10.1 Å². The Morgan fingerprint density at radius 1 is 1.27 bits per heavy atom. The maximum Gasteiger partial charge on any atom is 0.190 e. The number of carbonyl (C=O) groups excluding carboxylic acids is 1. The van der Waals surface area contributed by atoms with Crippen LogP contribution in [0.3, 0.4) is 0 Å². The van der Waals surface area contributed by atoms with Gasteiger partial charge in [0.2, 0.25) is 0 Å². The van der Waals surface area contributed by atoms with Crippen LogP contribution in [-0.2, 0) is 6.42 Å². The molecule has 1 aromatic carbocycles. The van der Waals surface area contributed by atoms with Crippen molar-refractivity contribution in [2.24, 2.45) is 0 Å². The zero-order valence-electron chi connectivity index (χ0n) is 12.2. The van der Waals surface area contributed by atoms with E-state index in [4.69, 9.17) is 0 Å². The third kappa shape index (κ3) is 2.63. The number of hydrogen-bond acceptors (Lipinski definition) is 4. The number of allylic oxidation sites excluding steroid dienone is 2. The largest absolute Gasteiger partial charge is 0.289 e. The molecule has 2 nitrogen and oxygen atoms in total. The van der Waals surface area contributed by atoms with Crippen LogP contribution in [0.2, 0.25) is 0 Å². The summed E-state index contributed by atoms with van der Waals surface area (Å²) in [6.45, 7) is 0. The molecule has 1 atom stereocenters. The average Bonchev–Trinajstić information content (AvgIpc) is 3.08. The number of aryl methyl sites for hydroxylation is 1. The van der Waals surface area contributed by atoms with Gasteiger partial charge < -0.3 is 0 Å². The van der Waals surface area contributed by atoms with Crippen LogP contribution in [0, 0.1) is 11.3 Å². The topological polar surface area (TPSA) is 40.9 Å². The van der Waals surface area contributed by atoms with E-state index in [1.54, 1.807) is 11.3 Å². The van der Waals surface area contributed by atoms with E-state index >= 15 is 0 Å². The number of Topliss-reactive ketones (excluding diaryl/α,β-unsaturated/α-hetero) is 1. The fourth-order valence-electron chi connectivity index (χ4n) is 2.85. The smallest absolute Gasteiger partial charge is 0.190 e. The van der Waals surface area contributed by atoms with Crippen molar-refractivity contribution in [3.8, 4) is 6.07 Å². The molecule has 3 rings (SSSR count). The molecule has 0 spiro atoms. The predicted molar refractivity (Wildman–Crippen MR) is 92.3 cm³/mol. The van der Waals surface area contributed by atoms with Gasteiger partial charge in [0.15, 0.2) is 5.78 Å². The van der Waals surface area contributed by atoms with Gasteiger partial charge >= 0.3 is 0 Å². The van der Waals surface area contributed by atoms with Gasteiger partial charge in [-0.25, -0.2) is 0 Å². The number of nitrogens with zero attached hydrogens (tertiary/aromatic N) is 1. The second-order valence-electron chi connectivity index (χ2n) is 5.11. The Morgan fingerprint density at radius 3 is 2.77 bits per heavy atom. The molecule has 0 aliphatic heterocycles. The summed E-state index contributed by atoms with van der Waals surface area (Å²) >= 11 is 3.10. The highest BCUT2D eigenvalue weighted by Crippen LogP contribution is 2.39. The Balaban J connectivity index is 2.08. The highest BCUT2D eigenvalue weighted by atomic mass is 32.2. The number of nitriles is 1. The molecular formula is C18H15NOS2. The Bertz CT molecular complexity index is 769. The van der Waals surface area contributed by atoms with E-state index in [0.29, 0.717) is 0 Å². The minimum absolute atomic E-state index is 0.0861. The lowest BCUT2D eigenvalue weighted by molar-refractivity contribution is 0.102. The maximum absolute atomic E-state index is 12.8.